The summed E-state index contributed by atoms with van der Waals surface area (Å²) in [6.45, 7) is 1.57. The van der Waals surface area contributed by atoms with Crippen molar-refractivity contribution < 1.29 is 4.74 Å². The van der Waals surface area contributed by atoms with Gasteiger partial charge in [0.2, 0.25) is 0 Å². The number of hydrogen-bond donors (Lipinski definition) is 2. The second kappa shape index (κ2) is 5.73. The predicted octanol–water partition coefficient (Wildman–Crippen LogP) is 2.13. The first-order chi connectivity index (χ1) is 9.83. The largest absolute Gasteiger partial charge is 0.377 e. The molecule has 0 amide bonds. The van der Waals surface area contributed by atoms with E-state index >= 15 is 0 Å². The third-order valence-electron chi connectivity index (χ3n) is 4.10. The van der Waals surface area contributed by atoms with Crippen LogP contribution < -0.4 is 5.32 Å². The molecule has 0 radical (unpaired) electrons. The summed E-state index contributed by atoms with van der Waals surface area (Å²) in [5.74, 6) is 0. The standard InChI is InChI=1S/C15H20N4O/c1-20-15(8-5-9-15)11-16-10-13-14(18-19-17-13)12-6-3-2-4-7-12/h2-4,6-7,16H,5,8-11H2,1H3,(H,17,18,19). The van der Waals surface area contributed by atoms with Crippen molar-refractivity contribution in [2.75, 3.05) is 13.7 Å². The van der Waals surface area contributed by atoms with Gasteiger partial charge in [0.1, 0.15) is 11.4 Å². The van der Waals surface area contributed by atoms with Gasteiger partial charge in [-0.2, -0.15) is 15.4 Å². The molecular weight excluding hydrogens is 252 g/mol. The maximum absolute atomic E-state index is 5.60. The van der Waals surface area contributed by atoms with E-state index in [1.807, 2.05) is 30.3 Å². The summed E-state index contributed by atoms with van der Waals surface area (Å²) in [6.07, 6.45) is 3.54. The van der Waals surface area contributed by atoms with Gasteiger partial charge in [-0.3, -0.25) is 0 Å². The molecule has 1 aromatic carbocycles. The molecule has 1 saturated carbocycles. The van der Waals surface area contributed by atoms with Crippen LogP contribution >= 0.6 is 0 Å². The minimum atomic E-state index is 0.0383. The smallest absolute Gasteiger partial charge is 0.117 e. The Morgan fingerprint density at radius 2 is 2.05 bits per heavy atom. The van der Waals surface area contributed by atoms with Crippen LogP contribution in [0.5, 0.6) is 0 Å². The molecule has 2 aromatic rings. The number of rotatable bonds is 6. The number of ether oxygens (including phenoxy) is 1. The maximum Gasteiger partial charge on any atom is 0.117 e. The van der Waals surface area contributed by atoms with Gasteiger partial charge in [0, 0.05) is 25.8 Å². The van der Waals surface area contributed by atoms with Gasteiger partial charge in [-0.15, -0.1) is 0 Å². The first-order valence-electron chi connectivity index (χ1n) is 7.04. The van der Waals surface area contributed by atoms with Crippen molar-refractivity contribution in [1.29, 1.82) is 0 Å². The molecule has 1 aliphatic carbocycles. The Balaban J connectivity index is 1.63. The molecule has 106 valence electrons. The highest BCUT2D eigenvalue weighted by Crippen LogP contribution is 2.34. The zero-order valence-corrected chi connectivity index (χ0v) is 11.7. The molecule has 0 spiro atoms. The molecule has 20 heavy (non-hydrogen) atoms. The lowest BCUT2D eigenvalue weighted by Crippen LogP contribution is -2.47. The van der Waals surface area contributed by atoms with Gasteiger partial charge in [-0.1, -0.05) is 30.3 Å². The van der Waals surface area contributed by atoms with E-state index in [4.69, 9.17) is 4.74 Å². The van der Waals surface area contributed by atoms with E-state index in [1.165, 1.54) is 6.42 Å². The minimum absolute atomic E-state index is 0.0383. The van der Waals surface area contributed by atoms with Crippen molar-refractivity contribution in [3.63, 3.8) is 0 Å². The molecule has 0 atom stereocenters. The molecule has 1 heterocycles. The van der Waals surface area contributed by atoms with E-state index in [0.717, 1.165) is 36.3 Å². The predicted molar refractivity (Wildman–Crippen MR) is 77.1 cm³/mol. The first-order valence-corrected chi connectivity index (χ1v) is 7.04. The molecule has 1 fully saturated rings. The minimum Gasteiger partial charge on any atom is -0.377 e. The quantitative estimate of drug-likeness (QED) is 0.845. The van der Waals surface area contributed by atoms with Crippen molar-refractivity contribution in [1.82, 2.24) is 20.7 Å². The number of nitrogens with one attached hydrogen (secondary N) is 2. The number of aromatic nitrogens is 3. The normalized spacial score (nSPS) is 16.9. The fourth-order valence-electron chi connectivity index (χ4n) is 2.64. The summed E-state index contributed by atoms with van der Waals surface area (Å²) in [5, 5.41) is 14.7. The number of methoxy groups -OCH3 is 1. The molecule has 1 aromatic heterocycles. The lowest BCUT2D eigenvalue weighted by atomic mass is 9.80. The van der Waals surface area contributed by atoms with Gasteiger partial charge in [0.05, 0.1) is 5.60 Å². The summed E-state index contributed by atoms with van der Waals surface area (Å²) >= 11 is 0. The Kier molecular flexibility index (Phi) is 3.80. The third-order valence-corrected chi connectivity index (χ3v) is 4.10. The monoisotopic (exact) mass is 272 g/mol. The van der Waals surface area contributed by atoms with Crippen LogP contribution in [0.25, 0.3) is 11.3 Å². The summed E-state index contributed by atoms with van der Waals surface area (Å²) < 4.78 is 5.60. The van der Waals surface area contributed by atoms with Crippen LogP contribution in [0.15, 0.2) is 30.3 Å². The number of aromatic amines is 1. The van der Waals surface area contributed by atoms with E-state index in [1.54, 1.807) is 7.11 Å². The second-order valence-electron chi connectivity index (χ2n) is 5.33. The van der Waals surface area contributed by atoms with Gasteiger partial charge in [0.15, 0.2) is 0 Å². The van der Waals surface area contributed by atoms with Gasteiger partial charge in [-0.05, 0) is 19.3 Å². The van der Waals surface area contributed by atoms with Crippen LogP contribution in [0.4, 0.5) is 0 Å². The Labute approximate surface area is 118 Å². The van der Waals surface area contributed by atoms with Crippen molar-refractivity contribution in [3.8, 4) is 11.3 Å². The summed E-state index contributed by atoms with van der Waals surface area (Å²) in [7, 11) is 1.80. The van der Waals surface area contributed by atoms with Crippen LogP contribution in [0, 0.1) is 0 Å². The van der Waals surface area contributed by atoms with E-state index in [0.29, 0.717) is 6.54 Å². The number of nitrogens with zero attached hydrogens (tertiary/aromatic N) is 2. The summed E-state index contributed by atoms with van der Waals surface area (Å²) in [4.78, 5) is 0. The number of benzene rings is 1. The van der Waals surface area contributed by atoms with Crippen molar-refractivity contribution in [2.45, 2.75) is 31.4 Å². The molecule has 0 unspecified atom stereocenters. The molecule has 3 rings (SSSR count). The second-order valence-corrected chi connectivity index (χ2v) is 5.33. The molecule has 5 nitrogen and oxygen atoms in total. The zero-order valence-electron chi connectivity index (χ0n) is 11.7. The van der Waals surface area contributed by atoms with Gasteiger partial charge in [-0.25, -0.2) is 0 Å². The lowest BCUT2D eigenvalue weighted by Gasteiger charge is -2.40. The SMILES string of the molecule is COC1(CNCc2n[nH]nc2-c2ccccc2)CCC1. The fraction of sp³-hybridized carbons (Fsp3) is 0.467. The molecule has 0 aliphatic heterocycles. The highest BCUT2D eigenvalue weighted by atomic mass is 16.5. The molecule has 1 aliphatic rings. The van der Waals surface area contributed by atoms with Gasteiger partial charge < -0.3 is 10.1 Å². The Morgan fingerprint density at radius 1 is 1.25 bits per heavy atom. The van der Waals surface area contributed by atoms with Crippen LogP contribution in [0.1, 0.15) is 25.0 Å². The summed E-state index contributed by atoms with van der Waals surface area (Å²) in [5.41, 5.74) is 2.99. The van der Waals surface area contributed by atoms with Crippen molar-refractivity contribution >= 4 is 0 Å². The van der Waals surface area contributed by atoms with Crippen molar-refractivity contribution in [2.24, 2.45) is 0 Å². The highest BCUT2D eigenvalue weighted by Gasteiger charge is 2.36. The first kappa shape index (κ1) is 13.3. The number of H-pyrrole nitrogens is 1. The van der Waals surface area contributed by atoms with Crippen LogP contribution in [0.3, 0.4) is 0 Å². The highest BCUT2D eigenvalue weighted by molar-refractivity contribution is 5.60. The van der Waals surface area contributed by atoms with Gasteiger partial charge in [0.25, 0.3) is 0 Å². The van der Waals surface area contributed by atoms with E-state index in [-0.39, 0.29) is 5.60 Å². The average molecular weight is 272 g/mol. The average Bonchev–Trinajstić information content (AvgIpc) is 2.91. The Bertz CT molecular complexity index is 543. The van der Waals surface area contributed by atoms with Crippen molar-refractivity contribution in [3.05, 3.63) is 36.0 Å². The topological polar surface area (TPSA) is 62.8 Å². The molecule has 0 bridgehead atoms. The van der Waals surface area contributed by atoms with Crippen LogP contribution in [-0.2, 0) is 11.3 Å². The van der Waals surface area contributed by atoms with E-state index < -0.39 is 0 Å². The molecule has 5 heteroatoms. The summed E-state index contributed by atoms with van der Waals surface area (Å²) in [6, 6.07) is 10.1. The maximum atomic E-state index is 5.60. The molecule has 2 N–H and O–H groups in total. The number of hydrogen-bond acceptors (Lipinski definition) is 4. The van der Waals surface area contributed by atoms with Crippen LogP contribution in [-0.4, -0.2) is 34.7 Å². The molecule has 0 saturated heterocycles. The van der Waals surface area contributed by atoms with E-state index in [9.17, 15) is 0 Å². The third kappa shape index (κ3) is 2.59. The zero-order chi connectivity index (χ0) is 13.8. The van der Waals surface area contributed by atoms with E-state index in [2.05, 4.69) is 20.7 Å². The Hall–Kier alpha value is -1.72. The van der Waals surface area contributed by atoms with Crippen LogP contribution in [0.2, 0.25) is 0 Å². The lowest BCUT2D eigenvalue weighted by molar-refractivity contribution is -0.0695. The van der Waals surface area contributed by atoms with Gasteiger partial charge >= 0.3 is 0 Å². The molecular formula is C15H20N4O. The Morgan fingerprint density at radius 3 is 2.70 bits per heavy atom. The fourth-order valence-corrected chi connectivity index (χ4v) is 2.64.